The molecule has 14 heavy (non-hydrogen) atoms. The van der Waals surface area contributed by atoms with Crippen LogP contribution in [0.25, 0.3) is 0 Å². The summed E-state index contributed by atoms with van der Waals surface area (Å²) in [5, 5.41) is 2.44. The van der Waals surface area contributed by atoms with Crippen molar-refractivity contribution in [1.82, 2.24) is 4.98 Å². The molecule has 0 N–H and O–H groups in total. The lowest BCUT2D eigenvalue weighted by Crippen LogP contribution is -2.07. The van der Waals surface area contributed by atoms with Gasteiger partial charge in [0.25, 0.3) is 0 Å². The van der Waals surface area contributed by atoms with Crippen LogP contribution in [0.4, 0.5) is 0 Å². The average Bonchev–Trinajstić information content (AvgIpc) is 2.90. The monoisotopic (exact) mass is 231 g/mol. The number of carbonyl (C=O) groups is 1. The fourth-order valence-electron chi connectivity index (χ4n) is 1.02. The number of thiazole rings is 1. The predicted octanol–water partition coefficient (Wildman–Crippen LogP) is 2.45. The van der Waals surface area contributed by atoms with Gasteiger partial charge in [0.05, 0.1) is 12.5 Å². The molecular formula is C9H10ClNO2S. The van der Waals surface area contributed by atoms with Crippen LogP contribution >= 0.6 is 22.9 Å². The molecular weight excluding hydrogens is 222 g/mol. The minimum Gasteiger partial charge on any atom is -0.461 e. The maximum absolute atomic E-state index is 11.4. The highest BCUT2D eigenvalue weighted by Crippen LogP contribution is 2.29. The predicted molar refractivity (Wildman–Crippen MR) is 54.7 cm³/mol. The molecule has 76 valence electrons. The van der Waals surface area contributed by atoms with E-state index >= 15 is 0 Å². The Labute approximate surface area is 91.1 Å². The summed E-state index contributed by atoms with van der Waals surface area (Å²) in [6, 6.07) is 0. The highest BCUT2D eigenvalue weighted by molar-refractivity contribution is 7.10. The molecule has 1 aliphatic carbocycles. The first-order valence-corrected chi connectivity index (χ1v) is 5.88. The van der Waals surface area contributed by atoms with Crippen LogP contribution in [-0.4, -0.2) is 17.6 Å². The van der Waals surface area contributed by atoms with Crippen molar-refractivity contribution in [3.63, 3.8) is 0 Å². The van der Waals surface area contributed by atoms with Gasteiger partial charge in [0.15, 0.2) is 5.69 Å². The standard InChI is InChI=1S/C9H10ClNO2S/c10-3-8-11-7(5-14-8)9(12)13-4-6-1-2-6/h5-6H,1-4H2. The van der Waals surface area contributed by atoms with Gasteiger partial charge in [-0.2, -0.15) is 0 Å². The van der Waals surface area contributed by atoms with Gasteiger partial charge >= 0.3 is 5.97 Å². The van der Waals surface area contributed by atoms with Crippen LogP contribution in [-0.2, 0) is 10.6 Å². The van der Waals surface area contributed by atoms with Crippen molar-refractivity contribution in [2.45, 2.75) is 18.7 Å². The van der Waals surface area contributed by atoms with Gasteiger partial charge in [0, 0.05) is 5.38 Å². The van der Waals surface area contributed by atoms with Crippen molar-refractivity contribution in [3.8, 4) is 0 Å². The van der Waals surface area contributed by atoms with E-state index in [1.165, 1.54) is 24.2 Å². The van der Waals surface area contributed by atoms with Gasteiger partial charge in [0.1, 0.15) is 5.01 Å². The van der Waals surface area contributed by atoms with Gasteiger partial charge in [-0.3, -0.25) is 0 Å². The van der Waals surface area contributed by atoms with Gasteiger partial charge in [0.2, 0.25) is 0 Å². The van der Waals surface area contributed by atoms with E-state index in [0.29, 0.717) is 24.1 Å². The maximum atomic E-state index is 11.4. The third-order valence-electron chi connectivity index (χ3n) is 2.02. The van der Waals surface area contributed by atoms with E-state index < -0.39 is 0 Å². The van der Waals surface area contributed by atoms with Crippen molar-refractivity contribution < 1.29 is 9.53 Å². The molecule has 0 amide bonds. The Bertz CT molecular complexity index is 335. The molecule has 0 unspecified atom stereocenters. The Hall–Kier alpha value is -0.610. The van der Waals surface area contributed by atoms with Crippen LogP contribution in [0.15, 0.2) is 5.38 Å². The number of aromatic nitrogens is 1. The van der Waals surface area contributed by atoms with E-state index in [-0.39, 0.29) is 5.97 Å². The largest absolute Gasteiger partial charge is 0.461 e. The Kier molecular flexibility index (Phi) is 3.03. The fraction of sp³-hybridized carbons (Fsp3) is 0.556. The minimum atomic E-state index is -0.329. The van der Waals surface area contributed by atoms with E-state index in [9.17, 15) is 4.79 Å². The lowest BCUT2D eigenvalue weighted by Gasteiger charge is -1.99. The third-order valence-corrected chi connectivity index (χ3v) is 3.28. The summed E-state index contributed by atoms with van der Waals surface area (Å²) in [4.78, 5) is 15.4. The number of esters is 1. The quantitative estimate of drug-likeness (QED) is 0.590. The number of ether oxygens (including phenoxy) is 1. The van der Waals surface area contributed by atoms with Gasteiger partial charge < -0.3 is 4.74 Å². The SMILES string of the molecule is O=C(OCC1CC1)c1csc(CCl)n1. The molecule has 2 rings (SSSR count). The molecule has 0 aliphatic heterocycles. The van der Waals surface area contributed by atoms with Gasteiger partial charge in [-0.1, -0.05) is 0 Å². The zero-order valence-corrected chi connectivity index (χ0v) is 9.11. The molecule has 1 aliphatic rings. The molecule has 5 heteroatoms. The lowest BCUT2D eigenvalue weighted by molar-refractivity contribution is 0.0480. The second-order valence-corrected chi connectivity index (χ2v) is 4.51. The summed E-state index contributed by atoms with van der Waals surface area (Å²) in [5.74, 6) is 0.607. The Morgan fingerprint density at radius 3 is 3.07 bits per heavy atom. The number of alkyl halides is 1. The van der Waals surface area contributed by atoms with Crippen LogP contribution < -0.4 is 0 Å². The number of nitrogens with zero attached hydrogens (tertiary/aromatic N) is 1. The number of rotatable bonds is 4. The zero-order chi connectivity index (χ0) is 9.97. The van der Waals surface area contributed by atoms with Crippen molar-refractivity contribution in [2.75, 3.05) is 6.61 Å². The van der Waals surface area contributed by atoms with Gasteiger partial charge in [-0.25, -0.2) is 9.78 Å². The number of hydrogen-bond acceptors (Lipinski definition) is 4. The second kappa shape index (κ2) is 4.28. The van der Waals surface area contributed by atoms with E-state index in [1.807, 2.05) is 0 Å². The molecule has 1 aromatic heterocycles. The van der Waals surface area contributed by atoms with Crippen LogP contribution in [0.2, 0.25) is 0 Å². The minimum absolute atomic E-state index is 0.329. The molecule has 3 nitrogen and oxygen atoms in total. The van der Waals surface area contributed by atoms with Crippen LogP contribution in [0.1, 0.15) is 28.3 Å². The van der Waals surface area contributed by atoms with Crippen molar-refractivity contribution in [2.24, 2.45) is 5.92 Å². The van der Waals surface area contributed by atoms with E-state index in [4.69, 9.17) is 16.3 Å². The normalized spacial score (nSPS) is 15.5. The summed E-state index contributed by atoms with van der Waals surface area (Å²) in [7, 11) is 0. The summed E-state index contributed by atoms with van der Waals surface area (Å²) < 4.78 is 5.07. The first kappa shape index (κ1) is 9.93. The van der Waals surface area contributed by atoms with E-state index in [0.717, 1.165) is 5.01 Å². The zero-order valence-electron chi connectivity index (χ0n) is 7.53. The maximum Gasteiger partial charge on any atom is 0.357 e. The highest BCUT2D eigenvalue weighted by atomic mass is 35.5. The summed E-state index contributed by atoms with van der Waals surface area (Å²) in [6.45, 7) is 0.534. The summed E-state index contributed by atoms with van der Waals surface area (Å²) >= 11 is 6.96. The number of hydrogen-bond donors (Lipinski definition) is 0. The Balaban J connectivity index is 1.88. The van der Waals surface area contributed by atoms with Crippen LogP contribution in [0, 0.1) is 5.92 Å². The van der Waals surface area contributed by atoms with Crippen molar-refractivity contribution in [1.29, 1.82) is 0 Å². The van der Waals surface area contributed by atoms with E-state index in [2.05, 4.69) is 4.98 Å². The third kappa shape index (κ3) is 2.45. The molecule has 0 radical (unpaired) electrons. The van der Waals surface area contributed by atoms with Crippen LogP contribution in [0.3, 0.4) is 0 Å². The van der Waals surface area contributed by atoms with Gasteiger partial charge in [-0.05, 0) is 18.8 Å². The summed E-state index contributed by atoms with van der Waals surface area (Å²) in [5.41, 5.74) is 0.381. The lowest BCUT2D eigenvalue weighted by atomic mass is 10.4. The van der Waals surface area contributed by atoms with E-state index in [1.54, 1.807) is 5.38 Å². The smallest absolute Gasteiger partial charge is 0.357 e. The highest BCUT2D eigenvalue weighted by Gasteiger charge is 2.23. The topological polar surface area (TPSA) is 39.2 Å². The number of halogens is 1. The molecule has 0 atom stereocenters. The van der Waals surface area contributed by atoms with Gasteiger partial charge in [-0.15, -0.1) is 22.9 Å². The molecule has 1 saturated carbocycles. The Morgan fingerprint density at radius 2 is 2.50 bits per heavy atom. The fourth-order valence-corrected chi connectivity index (χ4v) is 1.88. The molecule has 0 saturated heterocycles. The molecule has 0 spiro atoms. The second-order valence-electron chi connectivity index (χ2n) is 3.30. The first-order chi connectivity index (χ1) is 6.79. The van der Waals surface area contributed by atoms with Crippen LogP contribution in [0.5, 0.6) is 0 Å². The average molecular weight is 232 g/mol. The molecule has 0 bridgehead atoms. The van der Waals surface area contributed by atoms with Crippen molar-refractivity contribution in [3.05, 3.63) is 16.1 Å². The summed E-state index contributed by atoms with van der Waals surface area (Å²) in [6.07, 6.45) is 2.36. The Morgan fingerprint density at radius 1 is 1.71 bits per heavy atom. The molecule has 1 aromatic rings. The first-order valence-electron chi connectivity index (χ1n) is 4.47. The number of carbonyl (C=O) groups excluding carboxylic acids is 1. The van der Waals surface area contributed by atoms with Crippen molar-refractivity contribution >= 4 is 28.9 Å². The molecule has 1 heterocycles. The molecule has 0 aromatic carbocycles. The molecule has 1 fully saturated rings.